The highest BCUT2D eigenvalue weighted by atomic mass is 19.1. The van der Waals surface area contributed by atoms with E-state index < -0.39 is 0 Å². The van der Waals surface area contributed by atoms with Gasteiger partial charge in [-0.25, -0.2) is 4.39 Å². The molecule has 26 heavy (non-hydrogen) atoms. The second-order valence-corrected chi connectivity index (χ2v) is 8.09. The maximum absolute atomic E-state index is 14.6. The van der Waals surface area contributed by atoms with Gasteiger partial charge in [0, 0.05) is 18.9 Å². The number of fused-ring (bicyclic) bond motifs is 8. The standard InChI is InChI=1S/C24H25FN/c1-4-23-11-12-24(23,5-2)26-13-10-17-8-6-7-9-18(17)22(26)19-14-16(3)21(25)15-20(19)23/h6-10,13-15H,4-5,11-12H2,1-3H3/q+1. The van der Waals surface area contributed by atoms with E-state index in [0.717, 1.165) is 24.8 Å². The van der Waals surface area contributed by atoms with E-state index in [0.29, 0.717) is 0 Å². The molecular weight excluding hydrogens is 321 g/mol. The van der Waals surface area contributed by atoms with E-state index in [1.165, 1.54) is 34.0 Å². The van der Waals surface area contributed by atoms with Crippen LogP contribution < -0.4 is 4.57 Å². The van der Waals surface area contributed by atoms with Gasteiger partial charge in [0.15, 0.2) is 11.7 Å². The zero-order chi connectivity index (χ0) is 18.1. The SMILES string of the molecule is CCC12CCC1(CC)[n+]1ccc3ccccc3c1-c1cc(C)c(F)cc12. The predicted octanol–water partition coefficient (Wildman–Crippen LogP) is 5.80. The summed E-state index contributed by atoms with van der Waals surface area (Å²) in [5, 5.41) is 2.52. The van der Waals surface area contributed by atoms with Gasteiger partial charge in [0.1, 0.15) is 5.82 Å². The van der Waals surface area contributed by atoms with E-state index in [9.17, 15) is 4.39 Å². The minimum Gasteiger partial charge on any atom is -0.207 e. The Morgan fingerprint density at radius 1 is 1.04 bits per heavy atom. The lowest BCUT2D eigenvalue weighted by atomic mass is 9.47. The van der Waals surface area contributed by atoms with Crippen molar-refractivity contribution in [2.24, 2.45) is 0 Å². The van der Waals surface area contributed by atoms with Crippen LogP contribution in [0.2, 0.25) is 0 Å². The summed E-state index contributed by atoms with van der Waals surface area (Å²) in [6.07, 6.45) is 6.72. The molecule has 0 radical (unpaired) electrons. The lowest BCUT2D eigenvalue weighted by molar-refractivity contribution is -0.782. The van der Waals surface area contributed by atoms with Gasteiger partial charge >= 0.3 is 0 Å². The quantitative estimate of drug-likeness (QED) is 0.516. The second-order valence-electron chi connectivity index (χ2n) is 8.09. The summed E-state index contributed by atoms with van der Waals surface area (Å²) in [5.41, 5.74) is 4.57. The molecule has 0 bridgehead atoms. The van der Waals surface area contributed by atoms with Gasteiger partial charge in [-0.1, -0.05) is 32.0 Å². The van der Waals surface area contributed by atoms with Gasteiger partial charge in [-0.3, -0.25) is 0 Å². The molecule has 2 heterocycles. The van der Waals surface area contributed by atoms with Gasteiger partial charge in [-0.05, 0) is 54.5 Å². The molecule has 2 atom stereocenters. The molecule has 2 heteroatoms. The van der Waals surface area contributed by atoms with Crippen LogP contribution in [0.15, 0.2) is 48.7 Å². The topological polar surface area (TPSA) is 3.88 Å². The van der Waals surface area contributed by atoms with Crippen molar-refractivity contribution in [1.29, 1.82) is 0 Å². The first-order valence-electron chi connectivity index (χ1n) is 9.83. The van der Waals surface area contributed by atoms with Crippen LogP contribution in [0.25, 0.3) is 22.0 Å². The molecule has 1 aromatic heterocycles. The number of halogens is 1. The minimum absolute atomic E-state index is 0.0474. The van der Waals surface area contributed by atoms with Crippen LogP contribution >= 0.6 is 0 Å². The fourth-order valence-corrected chi connectivity index (χ4v) is 5.96. The van der Waals surface area contributed by atoms with Crippen molar-refractivity contribution >= 4 is 10.8 Å². The predicted molar refractivity (Wildman–Crippen MR) is 104 cm³/mol. The summed E-state index contributed by atoms with van der Waals surface area (Å²) < 4.78 is 17.2. The summed E-state index contributed by atoms with van der Waals surface area (Å²) in [7, 11) is 0. The first-order chi connectivity index (χ1) is 12.6. The van der Waals surface area contributed by atoms with Crippen LogP contribution in [0.5, 0.6) is 0 Å². The zero-order valence-electron chi connectivity index (χ0n) is 15.8. The molecule has 2 unspecified atom stereocenters. The van der Waals surface area contributed by atoms with Gasteiger partial charge in [0.05, 0.1) is 16.4 Å². The zero-order valence-corrected chi connectivity index (χ0v) is 15.8. The molecule has 5 rings (SSSR count). The molecule has 1 aliphatic heterocycles. The Hall–Kier alpha value is -2.22. The van der Waals surface area contributed by atoms with Crippen LogP contribution in [0.1, 0.15) is 50.7 Å². The van der Waals surface area contributed by atoms with E-state index >= 15 is 0 Å². The second kappa shape index (κ2) is 5.16. The smallest absolute Gasteiger partial charge is 0.207 e. The van der Waals surface area contributed by atoms with Gasteiger partial charge < -0.3 is 0 Å². The van der Waals surface area contributed by atoms with E-state index in [2.05, 4.69) is 61.0 Å². The number of aryl methyl sites for hydroxylation is 1. The van der Waals surface area contributed by atoms with Crippen LogP contribution in [0.3, 0.4) is 0 Å². The maximum atomic E-state index is 14.6. The highest BCUT2D eigenvalue weighted by Gasteiger charge is 2.68. The highest BCUT2D eigenvalue weighted by molar-refractivity contribution is 5.94. The van der Waals surface area contributed by atoms with E-state index in [4.69, 9.17) is 0 Å². The van der Waals surface area contributed by atoms with Gasteiger partial charge in [0.2, 0.25) is 5.69 Å². The van der Waals surface area contributed by atoms with Crippen LogP contribution in [-0.2, 0) is 11.0 Å². The number of nitrogens with zero attached hydrogens (tertiary/aromatic N) is 1. The summed E-state index contributed by atoms with van der Waals surface area (Å²) in [6.45, 7) is 6.45. The Bertz CT molecular complexity index is 1050. The van der Waals surface area contributed by atoms with Crippen molar-refractivity contribution in [2.45, 2.75) is 57.4 Å². The molecule has 3 aromatic rings. The minimum atomic E-state index is -0.0674. The number of benzene rings is 2. The molecular formula is C24H25FN+. The van der Waals surface area contributed by atoms with Gasteiger partial charge in [-0.2, -0.15) is 4.57 Å². The fourth-order valence-electron chi connectivity index (χ4n) is 5.96. The molecule has 132 valence electrons. The van der Waals surface area contributed by atoms with Crippen LogP contribution in [-0.4, -0.2) is 0 Å². The molecule has 0 N–H and O–H groups in total. The average molecular weight is 346 g/mol. The summed E-state index contributed by atoms with van der Waals surface area (Å²) in [5.74, 6) is -0.0674. The molecule has 1 fully saturated rings. The van der Waals surface area contributed by atoms with Crippen molar-refractivity contribution in [3.63, 3.8) is 0 Å². The van der Waals surface area contributed by atoms with Crippen molar-refractivity contribution in [3.05, 3.63) is 65.6 Å². The third kappa shape index (κ3) is 1.64. The fraction of sp³-hybridized carbons (Fsp3) is 0.375. The highest BCUT2D eigenvalue weighted by Crippen LogP contribution is 2.62. The van der Waals surface area contributed by atoms with Crippen molar-refractivity contribution in [1.82, 2.24) is 0 Å². The largest absolute Gasteiger partial charge is 0.221 e. The third-order valence-electron chi connectivity index (χ3n) is 7.44. The third-order valence-corrected chi connectivity index (χ3v) is 7.44. The number of hydrogen-bond donors (Lipinski definition) is 0. The van der Waals surface area contributed by atoms with E-state index in [1.54, 1.807) is 0 Å². The number of aromatic nitrogens is 1. The monoisotopic (exact) mass is 346 g/mol. The Morgan fingerprint density at radius 2 is 1.85 bits per heavy atom. The Balaban J connectivity index is 1.98. The summed E-state index contributed by atoms with van der Waals surface area (Å²) in [6, 6.07) is 14.8. The maximum Gasteiger partial charge on any atom is 0.221 e. The van der Waals surface area contributed by atoms with Crippen molar-refractivity contribution < 1.29 is 8.96 Å². The summed E-state index contributed by atoms with van der Waals surface area (Å²) >= 11 is 0. The average Bonchev–Trinajstić information content (AvgIpc) is 2.64. The van der Waals surface area contributed by atoms with Crippen molar-refractivity contribution in [2.75, 3.05) is 0 Å². The molecule has 0 saturated heterocycles. The number of pyridine rings is 1. The van der Waals surface area contributed by atoms with E-state index in [-0.39, 0.29) is 16.8 Å². The van der Waals surface area contributed by atoms with Gasteiger partial charge in [-0.15, -0.1) is 0 Å². The van der Waals surface area contributed by atoms with Crippen molar-refractivity contribution in [3.8, 4) is 11.3 Å². The van der Waals surface area contributed by atoms with Gasteiger partial charge in [0.25, 0.3) is 0 Å². The molecule has 0 amide bonds. The lowest BCUT2D eigenvalue weighted by Crippen LogP contribution is -2.75. The normalized spacial score (nSPS) is 26.0. The summed E-state index contributed by atoms with van der Waals surface area (Å²) in [4.78, 5) is 0. The molecule has 0 spiro atoms. The lowest BCUT2D eigenvalue weighted by Gasteiger charge is -2.57. The van der Waals surface area contributed by atoms with Crippen LogP contribution in [0, 0.1) is 12.7 Å². The number of rotatable bonds is 2. The molecule has 2 aliphatic rings. The van der Waals surface area contributed by atoms with E-state index in [1.807, 2.05) is 13.0 Å². The molecule has 1 aliphatic carbocycles. The first kappa shape index (κ1) is 16.0. The Labute approximate surface area is 154 Å². The molecule has 2 aromatic carbocycles. The first-order valence-corrected chi connectivity index (χ1v) is 9.83. The molecule has 1 nitrogen and oxygen atoms in total. The Morgan fingerprint density at radius 3 is 2.54 bits per heavy atom. The molecule has 1 saturated carbocycles. The number of hydrogen-bond acceptors (Lipinski definition) is 0. The van der Waals surface area contributed by atoms with Crippen LogP contribution in [0.4, 0.5) is 4.39 Å². The Kier molecular flexibility index (Phi) is 3.17.